The van der Waals surface area contributed by atoms with Crippen LogP contribution in [-0.2, 0) is 24.5 Å². The Labute approximate surface area is 307 Å². The van der Waals surface area contributed by atoms with E-state index in [4.69, 9.17) is 24.5 Å². The van der Waals surface area contributed by atoms with E-state index in [1.807, 2.05) is 22.0 Å². The Balaban J connectivity index is 1.37. The van der Waals surface area contributed by atoms with E-state index in [0.29, 0.717) is 0 Å². The summed E-state index contributed by atoms with van der Waals surface area (Å²) in [5, 5.41) is 2.84. The molecular weight excluding hydrogens is 695 g/mol. The van der Waals surface area contributed by atoms with Gasteiger partial charge in [0.2, 0.25) is 0 Å². The maximum atomic E-state index is 6.91. The van der Waals surface area contributed by atoms with Crippen LogP contribution in [0.5, 0.6) is 0 Å². The molecule has 0 bridgehead atoms. The van der Waals surface area contributed by atoms with Gasteiger partial charge < -0.3 is 24.5 Å². The van der Waals surface area contributed by atoms with E-state index in [1.54, 1.807) is 0 Å². The zero-order valence-corrected chi connectivity index (χ0v) is 34.0. The number of rotatable bonds is 6. The minimum atomic E-state index is -2.13. The number of benzene rings is 4. The maximum Gasteiger partial charge on any atom is 0.183 e. The molecule has 244 valence electrons. The molecule has 2 aliphatic carbocycles. The Hall–Kier alpha value is -1.90. The number of allylic oxidation sites excluding steroid dienone is 8. The summed E-state index contributed by atoms with van der Waals surface area (Å²) < 4.78 is 0. The lowest BCUT2D eigenvalue weighted by Gasteiger charge is -2.48. The standard InChI is InChI=1S/C42H42P2S4/c1-25-13-26(2)18-33(17-25)37-9-10-38(34-19-27(3)14-28(4)20-34)41(37)43(45)47-44(46,48-43)42-39(35-21-29(5)15-30(6)22-35)11-12-40(42)36-23-31(7)16-32(8)24-36/h9-24,37,39H,1-8H3. The third-order valence-electron chi connectivity index (χ3n) is 9.34. The van der Waals surface area contributed by atoms with Gasteiger partial charge in [-0.2, -0.15) is 0 Å². The number of aryl methyl sites for hydroxylation is 8. The predicted octanol–water partition coefficient (Wildman–Crippen LogP) is 14.1. The minimum absolute atomic E-state index is 0.166. The van der Waals surface area contributed by atoms with E-state index < -0.39 is 9.74 Å². The highest BCUT2D eigenvalue weighted by molar-refractivity contribution is 9.57. The highest BCUT2D eigenvalue weighted by Crippen LogP contribution is 3.19. The Morgan fingerprint density at radius 1 is 0.417 bits per heavy atom. The van der Waals surface area contributed by atoms with Gasteiger partial charge in [-0.3, -0.25) is 0 Å². The van der Waals surface area contributed by atoms with E-state index in [0.717, 1.165) is 0 Å². The summed E-state index contributed by atoms with van der Waals surface area (Å²) in [4.78, 5) is -4.25. The van der Waals surface area contributed by atoms with Gasteiger partial charge >= 0.3 is 0 Å². The summed E-state index contributed by atoms with van der Waals surface area (Å²) in [5.41, 5.74) is 18.2. The minimum Gasteiger partial charge on any atom is -0.520 e. The monoisotopic (exact) mass is 736 g/mol. The van der Waals surface area contributed by atoms with Gasteiger partial charge in [-0.15, -0.1) is 0 Å². The van der Waals surface area contributed by atoms with Crippen LogP contribution in [0.3, 0.4) is 0 Å². The molecule has 2 atom stereocenters. The van der Waals surface area contributed by atoms with Crippen molar-refractivity contribution in [2.24, 2.45) is 0 Å². The van der Waals surface area contributed by atoms with Gasteiger partial charge in [0.1, 0.15) is 9.74 Å². The smallest absolute Gasteiger partial charge is 0.183 e. The molecule has 4 aromatic carbocycles. The summed E-state index contributed by atoms with van der Waals surface area (Å²) in [6, 6.07) is 27.8. The number of hydrogen-bond acceptors (Lipinski definition) is 4. The Kier molecular flexibility index (Phi) is 9.36. The summed E-state index contributed by atoms with van der Waals surface area (Å²) in [6.45, 7) is 17.6. The summed E-state index contributed by atoms with van der Waals surface area (Å²) >= 11 is 17.9. The van der Waals surface area contributed by atoms with Crippen LogP contribution < -0.4 is 0 Å². The SMILES string of the molecule is Cc1cc(C)cc(C2=C([P+]3([S-])S[P+]([S-])(C4=C(c5cc(C)cc(C)c5)C=CC4c4cc(C)cc(C)c4)S3)C(c3cc(C)cc(C)c3)C=C2)c1. The lowest BCUT2D eigenvalue weighted by atomic mass is 9.95. The van der Waals surface area contributed by atoms with Crippen molar-refractivity contribution in [2.45, 2.75) is 67.2 Å². The molecule has 0 radical (unpaired) electrons. The van der Waals surface area contributed by atoms with Crippen LogP contribution in [-0.4, -0.2) is 0 Å². The second-order valence-electron chi connectivity index (χ2n) is 14.0. The van der Waals surface area contributed by atoms with Crippen LogP contribution >= 0.6 is 31.7 Å². The molecule has 0 saturated carbocycles. The fourth-order valence-corrected chi connectivity index (χ4v) is 52.5. The molecule has 48 heavy (non-hydrogen) atoms. The van der Waals surface area contributed by atoms with E-state index in [1.165, 1.54) is 88.5 Å². The van der Waals surface area contributed by atoms with Gasteiger partial charge in [-0.05, 0) is 77.6 Å². The highest BCUT2D eigenvalue weighted by Gasteiger charge is 2.67. The molecule has 1 saturated heterocycles. The summed E-state index contributed by atoms with van der Waals surface area (Å²) in [6.07, 6.45) is 9.53. The van der Waals surface area contributed by atoms with Crippen LogP contribution in [0, 0.1) is 55.4 Å². The summed E-state index contributed by atoms with van der Waals surface area (Å²) in [7, 11) is 0. The van der Waals surface area contributed by atoms with Gasteiger partial charge in [-0.1, -0.05) is 142 Å². The molecule has 0 N–H and O–H groups in total. The fourth-order valence-electron chi connectivity index (χ4n) is 7.84. The van der Waals surface area contributed by atoms with E-state index in [-0.39, 0.29) is 11.8 Å². The van der Waals surface area contributed by atoms with Crippen molar-refractivity contribution >= 4 is 67.4 Å². The molecular formula is C42H42P2S4. The van der Waals surface area contributed by atoms with E-state index >= 15 is 0 Å². The van der Waals surface area contributed by atoms with Crippen LogP contribution in [0.1, 0.15) is 78.6 Å². The van der Waals surface area contributed by atoms with E-state index in [2.05, 4.69) is 152 Å². The molecule has 1 heterocycles. The quantitative estimate of drug-likeness (QED) is 0.143. The zero-order valence-electron chi connectivity index (χ0n) is 28.9. The van der Waals surface area contributed by atoms with Crippen molar-refractivity contribution in [1.29, 1.82) is 0 Å². The van der Waals surface area contributed by atoms with Crippen LogP contribution in [0.2, 0.25) is 0 Å². The molecule has 0 aromatic heterocycles. The second-order valence-corrected chi connectivity index (χ2v) is 35.2. The first-order valence-electron chi connectivity index (χ1n) is 16.5. The first-order chi connectivity index (χ1) is 22.7. The topological polar surface area (TPSA) is 0 Å². The molecule has 3 aliphatic rings. The average Bonchev–Trinajstić information content (AvgIpc) is 3.61. The van der Waals surface area contributed by atoms with Crippen molar-refractivity contribution in [3.8, 4) is 0 Å². The Morgan fingerprint density at radius 3 is 0.979 bits per heavy atom. The highest BCUT2D eigenvalue weighted by atomic mass is 33.8. The zero-order chi connectivity index (χ0) is 34.1. The molecule has 1 aliphatic heterocycles. The molecule has 1 fully saturated rings. The first kappa shape index (κ1) is 34.5. The third-order valence-corrected chi connectivity index (χ3v) is 40.7. The van der Waals surface area contributed by atoms with Crippen molar-refractivity contribution < 1.29 is 0 Å². The van der Waals surface area contributed by atoms with Gasteiger partial charge in [0.25, 0.3) is 0 Å². The average molecular weight is 737 g/mol. The second kappa shape index (κ2) is 13.0. The predicted molar refractivity (Wildman–Crippen MR) is 225 cm³/mol. The first-order valence-corrected chi connectivity index (χ1v) is 26.2. The maximum absolute atomic E-state index is 6.91. The Morgan fingerprint density at radius 2 is 0.688 bits per heavy atom. The molecule has 2 unspecified atom stereocenters. The van der Waals surface area contributed by atoms with Crippen molar-refractivity contribution in [3.63, 3.8) is 0 Å². The van der Waals surface area contributed by atoms with Gasteiger partial charge in [-0.25, -0.2) is 0 Å². The normalized spacial score (nSPS) is 25.0. The molecule has 4 aromatic rings. The van der Waals surface area contributed by atoms with Gasteiger partial charge in [0.15, 0.2) is 22.0 Å². The molecule has 0 nitrogen and oxygen atoms in total. The molecule has 7 rings (SSSR count). The third kappa shape index (κ3) is 6.52. The largest absolute Gasteiger partial charge is 0.520 e. The lowest BCUT2D eigenvalue weighted by Crippen LogP contribution is -2.09. The molecule has 0 spiro atoms. The van der Waals surface area contributed by atoms with Crippen molar-refractivity contribution in [1.82, 2.24) is 0 Å². The molecule has 6 heteroatoms. The fraction of sp³-hybridized carbons (Fsp3) is 0.238. The van der Waals surface area contributed by atoms with Crippen LogP contribution in [0.4, 0.5) is 0 Å². The van der Waals surface area contributed by atoms with E-state index in [9.17, 15) is 0 Å². The van der Waals surface area contributed by atoms with Crippen molar-refractivity contribution in [2.75, 3.05) is 0 Å². The Bertz CT molecular complexity index is 1880. The van der Waals surface area contributed by atoms with Crippen LogP contribution in [0.25, 0.3) is 11.1 Å². The molecule has 0 amide bonds. The lowest BCUT2D eigenvalue weighted by molar-refractivity contribution is 1.07. The van der Waals surface area contributed by atoms with Gasteiger partial charge in [0.05, 0.1) is 22.5 Å². The van der Waals surface area contributed by atoms with Gasteiger partial charge in [0, 0.05) is 11.1 Å². The van der Waals surface area contributed by atoms with Crippen LogP contribution in [0.15, 0.2) is 108 Å². The number of hydrogen-bond donors (Lipinski definition) is 0. The van der Waals surface area contributed by atoms with Crippen molar-refractivity contribution in [3.05, 3.63) is 174 Å². The summed E-state index contributed by atoms with van der Waals surface area (Å²) in [5.74, 6) is 0.331.